The summed E-state index contributed by atoms with van der Waals surface area (Å²) in [6.07, 6.45) is 0.710. The monoisotopic (exact) mass is 198 g/mol. The van der Waals surface area contributed by atoms with E-state index in [-0.39, 0.29) is 6.79 Å². The second-order valence-corrected chi connectivity index (χ2v) is 3.12. The van der Waals surface area contributed by atoms with Crippen molar-refractivity contribution in [2.45, 2.75) is 6.61 Å². The van der Waals surface area contributed by atoms with E-state index in [9.17, 15) is 4.79 Å². The molecule has 1 aliphatic heterocycles. The molecule has 0 unspecified atom stereocenters. The van der Waals surface area contributed by atoms with Gasteiger partial charge < -0.3 is 9.47 Å². The molecule has 13 heavy (non-hydrogen) atoms. The summed E-state index contributed by atoms with van der Waals surface area (Å²) in [5.41, 5.74) is 1.32. The van der Waals surface area contributed by atoms with Crippen LogP contribution in [0, 0.1) is 0 Å². The average Bonchev–Trinajstić information content (AvgIpc) is 2.17. The topological polar surface area (TPSA) is 35.5 Å². The van der Waals surface area contributed by atoms with Crippen molar-refractivity contribution in [3.05, 3.63) is 28.3 Å². The number of halogens is 1. The molecule has 68 valence electrons. The predicted molar refractivity (Wildman–Crippen MR) is 47.1 cm³/mol. The molecule has 4 heteroatoms. The van der Waals surface area contributed by atoms with Gasteiger partial charge in [-0.3, -0.25) is 4.79 Å². The van der Waals surface area contributed by atoms with E-state index in [4.69, 9.17) is 21.1 Å². The SMILES string of the molecule is O=Cc1cc2c(cc1Cl)COCO2. The van der Waals surface area contributed by atoms with E-state index in [1.165, 1.54) is 0 Å². The lowest BCUT2D eigenvalue weighted by molar-refractivity contribution is -0.0164. The fourth-order valence-electron chi connectivity index (χ4n) is 1.20. The summed E-state index contributed by atoms with van der Waals surface area (Å²) in [5, 5.41) is 0.433. The molecule has 0 spiro atoms. The zero-order chi connectivity index (χ0) is 9.26. The van der Waals surface area contributed by atoms with Gasteiger partial charge in [-0.05, 0) is 12.1 Å². The van der Waals surface area contributed by atoms with Crippen LogP contribution >= 0.6 is 11.6 Å². The van der Waals surface area contributed by atoms with Crippen molar-refractivity contribution in [2.24, 2.45) is 0 Å². The van der Waals surface area contributed by atoms with E-state index in [2.05, 4.69) is 0 Å². The summed E-state index contributed by atoms with van der Waals surface area (Å²) >= 11 is 5.82. The molecular weight excluding hydrogens is 192 g/mol. The van der Waals surface area contributed by atoms with Crippen LogP contribution in [0.25, 0.3) is 0 Å². The normalized spacial score (nSPS) is 14.5. The molecule has 2 rings (SSSR count). The van der Waals surface area contributed by atoms with Gasteiger partial charge in [-0.15, -0.1) is 0 Å². The van der Waals surface area contributed by atoms with Crippen LogP contribution in [-0.4, -0.2) is 13.1 Å². The Kier molecular flexibility index (Phi) is 2.20. The van der Waals surface area contributed by atoms with Crippen LogP contribution < -0.4 is 4.74 Å². The van der Waals surface area contributed by atoms with E-state index in [0.29, 0.717) is 29.2 Å². The van der Waals surface area contributed by atoms with Gasteiger partial charge in [0.05, 0.1) is 11.6 Å². The molecule has 0 fully saturated rings. The Hall–Kier alpha value is -1.06. The number of carbonyl (C=O) groups excluding carboxylic acids is 1. The number of carbonyl (C=O) groups is 1. The zero-order valence-corrected chi connectivity index (χ0v) is 7.50. The number of rotatable bonds is 1. The van der Waals surface area contributed by atoms with Gasteiger partial charge in [0, 0.05) is 11.1 Å². The van der Waals surface area contributed by atoms with Crippen LogP contribution in [0.2, 0.25) is 5.02 Å². The first-order valence-electron chi connectivity index (χ1n) is 3.79. The molecular formula is C9H7ClO3. The highest BCUT2D eigenvalue weighted by molar-refractivity contribution is 6.33. The van der Waals surface area contributed by atoms with Crippen molar-refractivity contribution < 1.29 is 14.3 Å². The standard InChI is InChI=1S/C9H7ClO3/c10-8-1-7-4-12-5-13-9(7)2-6(8)3-11/h1-3H,4-5H2. The van der Waals surface area contributed by atoms with E-state index in [1.54, 1.807) is 12.1 Å². The molecule has 0 aliphatic carbocycles. The Morgan fingerprint density at radius 1 is 1.46 bits per heavy atom. The van der Waals surface area contributed by atoms with Gasteiger partial charge >= 0.3 is 0 Å². The van der Waals surface area contributed by atoms with Crippen LogP contribution in [0.15, 0.2) is 12.1 Å². The lowest BCUT2D eigenvalue weighted by Gasteiger charge is -2.18. The maximum Gasteiger partial charge on any atom is 0.189 e. The van der Waals surface area contributed by atoms with Crippen LogP contribution in [0.5, 0.6) is 5.75 Å². The fourth-order valence-corrected chi connectivity index (χ4v) is 1.44. The Balaban J connectivity index is 2.50. The summed E-state index contributed by atoms with van der Waals surface area (Å²) in [6.45, 7) is 0.709. The molecule has 3 nitrogen and oxygen atoms in total. The minimum Gasteiger partial charge on any atom is -0.467 e. The second-order valence-electron chi connectivity index (χ2n) is 2.71. The van der Waals surface area contributed by atoms with Crippen molar-refractivity contribution >= 4 is 17.9 Å². The highest BCUT2D eigenvalue weighted by Crippen LogP contribution is 2.29. The van der Waals surface area contributed by atoms with Crippen molar-refractivity contribution in [1.29, 1.82) is 0 Å². The molecule has 0 bridgehead atoms. The lowest BCUT2D eigenvalue weighted by Crippen LogP contribution is -2.11. The quantitative estimate of drug-likeness (QED) is 0.648. The van der Waals surface area contributed by atoms with Gasteiger partial charge in [-0.25, -0.2) is 0 Å². The van der Waals surface area contributed by atoms with E-state index >= 15 is 0 Å². The second kappa shape index (κ2) is 3.36. The van der Waals surface area contributed by atoms with Crippen molar-refractivity contribution in [3.8, 4) is 5.75 Å². The summed E-state index contributed by atoms with van der Waals surface area (Å²) in [5.74, 6) is 0.678. The smallest absolute Gasteiger partial charge is 0.189 e. The van der Waals surface area contributed by atoms with E-state index in [1.807, 2.05) is 0 Å². The molecule has 0 N–H and O–H groups in total. The molecule has 0 radical (unpaired) electrons. The van der Waals surface area contributed by atoms with Crippen LogP contribution in [0.4, 0.5) is 0 Å². The number of hydrogen-bond acceptors (Lipinski definition) is 3. The van der Waals surface area contributed by atoms with E-state index < -0.39 is 0 Å². The number of ether oxygens (including phenoxy) is 2. The van der Waals surface area contributed by atoms with Gasteiger partial charge in [0.15, 0.2) is 13.1 Å². The van der Waals surface area contributed by atoms with Crippen molar-refractivity contribution in [3.63, 3.8) is 0 Å². The zero-order valence-electron chi connectivity index (χ0n) is 6.75. The van der Waals surface area contributed by atoms with Gasteiger partial charge in [0.25, 0.3) is 0 Å². The Labute approximate surface area is 80.2 Å². The minimum atomic E-state index is 0.229. The molecule has 0 amide bonds. The Morgan fingerprint density at radius 3 is 3.08 bits per heavy atom. The number of aldehydes is 1. The van der Waals surface area contributed by atoms with Crippen molar-refractivity contribution in [1.82, 2.24) is 0 Å². The van der Waals surface area contributed by atoms with Crippen LogP contribution in [0.3, 0.4) is 0 Å². The van der Waals surface area contributed by atoms with Crippen LogP contribution in [0.1, 0.15) is 15.9 Å². The van der Waals surface area contributed by atoms with E-state index in [0.717, 1.165) is 5.56 Å². The highest BCUT2D eigenvalue weighted by Gasteiger charge is 2.13. The third-order valence-corrected chi connectivity index (χ3v) is 2.19. The summed E-state index contributed by atoms with van der Waals surface area (Å²) in [4.78, 5) is 10.5. The molecule has 1 heterocycles. The number of benzene rings is 1. The Morgan fingerprint density at radius 2 is 2.31 bits per heavy atom. The first-order valence-corrected chi connectivity index (χ1v) is 4.17. The van der Waals surface area contributed by atoms with Gasteiger partial charge in [-0.1, -0.05) is 11.6 Å². The Bertz CT molecular complexity index is 349. The molecule has 1 aliphatic rings. The van der Waals surface area contributed by atoms with Crippen LogP contribution in [-0.2, 0) is 11.3 Å². The first kappa shape index (κ1) is 8.53. The summed E-state index contributed by atoms with van der Waals surface area (Å²) in [6, 6.07) is 3.33. The van der Waals surface area contributed by atoms with Gasteiger partial charge in [-0.2, -0.15) is 0 Å². The van der Waals surface area contributed by atoms with Gasteiger partial charge in [0.1, 0.15) is 5.75 Å². The molecule has 1 aromatic rings. The fraction of sp³-hybridized carbons (Fsp3) is 0.222. The maximum atomic E-state index is 10.5. The lowest BCUT2D eigenvalue weighted by atomic mass is 10.1. The maximum absolute atomic E-state index is 10.5. The highest BCUT2D eigenvalue weighted by atomic mass is 35.5. The largest absolute Gasteiger partial charge is 0.467 e. The molecule has 1 aromatic carbocycles. The third kappa shape index (κ3) is 1.53. The summed E-state index contributed by atoms with van der Waals surface area (Å²) in [7, 11) is 0. The molecule has 0 saturated carbocycles. The van der Waals surface area contributed by atoms with Crippen molar-refractivity contribution in [2.75, 3.05) is 6.79 Å². The van der Waals surface area contributed by atoms with Gasteiger partial charge in [0.2, 0.25) is 0 Å². The molecule has 0 aromatic heterocycles. The number of hydrogen-bond donors (Lipinski definition) is 0. The number of fused-ring (bicyclic) bond motifs is 1. The predicted octanol–water partition coefficient (Wildman–Crippen LogP) is 2.02. The summed E-state index contributed by atoms with van der Waals surface area (Å²) < 4.78 is 10.2. The first-order chi connectivity index (χ1) is 6.31. The minimum absolute atomic E-state index is 0.229. The average molecular weight is 199 g/mol. The molecule has 0 saturated heterocycles. The molecule has 0 atom stereocenters. The third-order valence-electron chi connectivity index (χ3n) is 1.86.